The number of benzene rings is 2. The fraction of sp³-hybridized carbons (Fsp3) is 0.333. The molecule has 1 aromatic heterocycles. The lowest BCUT2D eigenvalue weighted by Crippen LogP contribution is -2.20. The number of carbonyl (C=O) groups is 2. The van der Waals surface area contributed by atoms with E-state index in [9.17, 15) is 14.0 Å². The number of rotatable bonds is 10. The van der Waals surface area contributed by atoms with Crippen LogP contribution < -0.4 is 10.6 Å². The number of nitrogens with zero attached hydrogens (tertiary/aromatic N) is 3. The van der Waals surface area contributed by atoms with E-state index < -0.39 is 5.97 Å². The van der Waals surface area contributed by atoms with Gasteiger partial charge in [0, 0.05) is 12.3 Å². The maximum Gasteiger partial charge on any atom is 0.339 e. The predicted molar refractivity (Wildman–Crippen MR) is 130 cm³/mol. The Balaban J connectivity index is 1.43. The van der Waals surface area contributed by atoms with Crippen LogP contribution in [0.1, 0.15) is 29.0 Å². The number of aromatic nitrogens is 3. The van der Waals surface area contributed by atoms with E-state index in [1.165, 1.54) is 31.0 Å². The lowest BCUT2D eigenvalue weighted by Gasteiger charge is -2.15. The van der Waals surface area contributed by atoms with Crippen molar-refractivity contribution in [3.05, 3.63) is 65.7 Å². The summed E-state index contributed by atoms with van der Waals surface area (Å²) in [6.07, 6.45) is 1.99. The summed E-state index contributed by atoms with van der Waals surface area (Å²) in [5, 5.41) is 15.2. The smallest absolute Gasteiger partial charge is 0.339 e. The summed E-state index contributed by atoms with van der Waals surface area (Å²) < 4.78 is 25.7. The number of halogens is 1. The number of amides is 1. The van der Waals surface area contributed by atoms with Gasteiger partial charge in [-0.15, -0.1) is 10.2 Å². The number of hydrogen-bond donors (Lipinski definition) is 2. The molecule has 2 heterocycles. The molecule has 1 aliphatic rings. The quantitative estimate of drug-likeness (QED) is 0.321. The Bertz CT molecular complexity index is 1160. The summed E-state index contributed by atoms with van der Waals surface area (Å²) in [7, 11) is 1.29. The van der Waals surface area contributed by atoms with Crippen LogP contribution in [-0.2, 0) is 27.4 Å². The highest BCUT2D eigenvalue weighted by molar-refractivity contribution is 7.99. The molecule has 4 rings (SSSR count). The topological polar surface area (TPSA) is 107 Å². The van der Waals surface area contributed by atoms with Gasteiger partial charge in [-0.25, -0.2) is 9.18 Å². The van der Waals surface area contributed by atoms with Crippen molar-refractivity contribution in [2.45, 2.75) is 37.2 Å². The number of carbonyl (C=O) groups excluding carboxylic acids is 2. The Morgan fingerprint density at radius 2 is 2.00 bits per heavy atom. The normalized spacial score (nSPS) is 15.1. The lowest BCUT2D eigenvalue weighted by molar-refractivity contribution is -0.113. The van der Waals surface area contributed by atoms with Gasteiger partial charge in [0.25, 0.3) is 0 Å². The van der Waals surface area contributed by atoms with Gasteiger partial charge >= 0.3 is 5.97 Å². The Hall–Kier alpha value is -3.44. The van der Waals surface area contributed by atoms with Crippen LogP contribution in [0.4, 0.5) is 15.8 Å². The van der Waals surface area contributed by atoms with Crippen molar-refractivity contribution < 1.29 is 23.5 Å². The minimum atomic E-state index is -0.525. The molecule has 1 atom stereocenters. The highest BCUT2D eigenvalue weighted by atomic mass is 32.2. The highest BCUT2D eigenvalue weighted by Gasteiger charge is 2.22. The average Bonchev–Trinajstić information content (AvgIpc) is 3.52. The minimum Gasteiger partial charge on any atom is -0.465 e. The highest BCUT2D eigenvalue weighted by Crippen LogP contribution is 2.23. The summed E-state index contributed by atoms with van der Waals surface area (Å²) in [4.78, 5) is 24.6. The number of methoxy groups -OCH3 is 1. The van der Waals surface area contributed by atoms with Crippen molar-refractivity contribution in [2.75, 3.05) is 30.1 Å². The van der Waals surface area contributed by atoms with Crippen molar-refractivity contribution in [3.8, 4) is 0 Å². The second-order valence-electron chi connectivity index (χ2n) is 7.88. The van der Waals surface area contributed by atoms with Gasteiger partial charge in [0.2, 0.25) is 5.91 Å². The molecule has 2 aromatic carbocycles. The van der Waals surface area contributed by atoms with E-state index in [4.69, 9.17) is 9.47 Å². The van der Waals surface area contributed by atoms with Gasteiger partial charge in [0.05, 0.1) is 43.3 Å². The molecule has 0 aliphatic carbocycles. The monoisotopic (exact) mass is 499 g/mol. The molecule has 9 nitrogen and oxygen atoms in total. The maximum atomic E-state index is 13.2. The number of anilines is 2. The van der Waals surface area contributed by atoms with Crippen LogP contribution in [0, 0.1) is 5.82 Å². The van der Waals surface area contributed by atoms with Crippen molar-refractivity contribution in [3.63, 3.8) is 0 Å². The maximum absolute atomic E-state index is 13.2. The van der Waals surface area contributed by atoms with Crippen LogP contribution in [0.25, 0.3) is 0 Å². The Kier molecular flexibility index (Phi) is 8.32. The molecular weight excluding hydrogens is 473 g/mol. The zero-order valence-electron chi connectivity index (χ0n) is 19.2. The molecule has 11 heteroatoms. The first kappa shape index (κ1) is 24.7. The second kappa shape index (κ2) is 11.8. The predicted octanol–water partition coefficient (Wildman–Crippen LogP) is 3.73. The molecular formula is C24H26FN5O4S. The van der Waals surface area contributed by atoms with Crippen LogP contribution in [-0.4, -0.2) is 52.2 Å². The summed E-state index contributed by atoms with van der Waals surface area (Å²) in [5.74, 6) is -0.357. The van der Waals surface area contributed by atoms with Gasteiger partial charge in [0.1, 0.15) is 5.82 Å². The standard InChI is InChI=1S/C24H26FN5O4S/c1-33-23(32)19-6-2-3-7-20(19)27-22(31)15-35-24-29-28-21(30(24)14-18-5-4-12-34-18)13-26-17-10-8-16(25)9-11-17/h2-3,6-11,18,26H,4-5,12-15H2,1H3,(H,27,31). The molecule has 1 fully saturated rings. The fourth-order valence-electron chi connectivity index (χ4n) is 3.68. The van der Waals surface area contributed by atoms with E-state index in [0.29, 0.717) is 29.8 Å². The van der Waals surface area contributed by atoms with Gasteiger partial charge in [-0.1, -0.05) is 23.9 Å². The van der Waals surface area contributed by atoms with Gasteiger partial charge < -0.3 is 24.7 Å². The third kappa shape index (κ3) is 6.58. The average molecular weight is 500 g/mol. The molecule has 0 spiro atoms. The molecule has 0 bridgehead atoms. The zero-order valence-corrected chi connectivity index (χ0v) is 20.0. The molecule has 35 heavy (non-hydrogen) atoms. The van der Waals surface area contributed by atoms with Crippen molar-refractivity contribution in [1.82, 2.24) is 14.8 Å². The number of esters is 1. The molecule has 184 valence electrons. The van der Waals surface area contributed by atoms with E-state index in [0.717, 1.165) is 25.1 Å². The molecule has 0 radical (unpaired) electrons. The van der Waals surface area contributed by atoms with Crippen LogP contribution in [0.15, 0.2) is 53.7 Å². The number of para-hydroxylation sites is 1. The van der Waals surface area contributed by atoms with E-state index >= 15 is 0 Å². The molecule has 1 aliphatic heterocycles. The van der Waals surface area contributed by atoms with Gasteiger partial charge in [0.15, 0.2) is 11.0 Å². The summed E-state index contributed by atoms with van der Waals surface area (Å²) in [6.45, 7) is 1.67. The number of hydrogen-bond acceptors (Lipinski definition) is 8. The van der Waals surface area contributed by atoms with Gasteiger partial charge in [-0.3, -0.25) is 4.79 Å². The molecule has 1 saturated heterocycles. The van der Waals surface area contributed by atoms with Crippen molar-refractivity contribution >= 4 is 35.0 Å². The first-order valence-electron chi connectivity index (χ1n) is 11.2. The largest absolute Gasteiger partial charge is 0.465 e. The fourth-order valence-corrected chi connectivity index (χ4v) is 4.44. The second-order valence-corrected chi connectivity index (χ2v) is 8.82. The van der Waals surface area contributed by atoms with E-state index in [-0.39, 0.29) is 29.1 Å². The van der Waals surface area contributed by atoms with Gasteiger partial charge in [-0.05, 0) is 49.2 Å². The lowest BCUT2D eigenvalue weighted by atomic mass is 10.2. The van der Waals surface area contributed by atoms with Crippen LogP contribution in [0.3, 0.4) is 0 Å². The number of thioether (sulfide) groups is 1. The first-order chi connectivity index (χ1) is 17.0. The van der Waals surface area contributed by atoms with Gasteiger partial charge in [-0.2, -0.15) is 0 Å². The van der Waals surface area contributed by atoms with Crippen LogP contribution in [0.2, 0.25) is 0 Å². The molecule has 1 unspecified atom stereocenters. The third-order valence-corrected chi connectivity index (χ3v) is 6.40. The summed E-state index contributed by atoms with van der Waals surface area (Å²) >= 11 is 1.25. The summed E-state index contributed by atoms with van der Waals surface area (Å²) in [6, 6.07) is 12.8. The number of nitrogens with one attached hydrogen (secondary N) is 2. The first-order valence-corrected chi connectivity index (χ1v) is 12.1. The van der Waals surface area contributed by atoms with E-state index in [1.807, 2.05) is 4.57 Å². The van der Waals surface area contributed by atoms with E-state index in [2.05, 4.69) is 20.8 Å². The van der Waals surface area contributed by atoms with Crippen LogP contribution >= 0.6 is 11.8 Å². The number of ether oxygens (including phenoxy) is 2. The van der Waals surface area contributed by atoms with Crippen molar-refractivity contribution in [1.29, 1.82) is 0 Å². The molecule has 0 saturated carbocycles. The molecule has 3 aromatic rings. The zero-order chi connectivity index (χ0) is 24.6. The Morgan fingerprint density at radius 3 is 2.74 bits per heavy atom. The van der Waals surface area contributed by atoms with E-state index in [1.54, 1.807) is 36.4 Å². The third-order valence-electron chi connectivity index (χ3n) is 5.44. The molecule has 1 amide bonds. The van der Waals surface area contributed by atoms with Crippen LogP contribution in [0.5, 0.6) is 0 Å². The SMILES string of the molecule is COC(=O)c1ccccc1NC(=O)CSc1nnc(CNc2ccc(F)cc2)n1CC1CCCO1. The molecule has 2 N–H and O–H groups in total. The minimum absolute atomic E-state index is 0.0516. The van der Waals surface area contributed by atoms with Crippen molar-refractivity contribution in [2.24, 2.45) is 0 Å². The Labute approximate surface area is 206 Å². The Morgan fingerprint density at radius 1 is 1.20 bits per heavy atom. The summed E-state index contributed by atoms with van der Waals surface area (Å²) in [5.41, 5.74) is 1.43.